The second-order valence-corrected chi connectivity index (χ2v) is 7.04. The molecular weight excluding hydrogens is 307 g/mol. The number of benzene rings is 2. The van der Waals surface area contributed by atoms with Gasteiger partial charge in [0.1, 0.15) is 5.82 Å². The lowest BCUT2D eigenvalue weighted by Gasteiger charge is -2.22. The first-order chi connectivity index (χ1) is 12.0. The summed E-state index contributed by atoms with van der Waals surface area (Å²) in [6.45, 7) is 8.82. The molecule has 1 heteroatoms. The second kappa shape index (κ2) is 5.84. The van der Waals surface area contributed by atoms with Crippen molar-refractivity contribution in [3.63, 3.8) is 0 Å². The van der Waals surface area contributed by atoms with Crippen LogP contribution in [0.25, 0.3) is 5.57 Å². The molecule has 0 N–H and O–H groups in total. The van der Waals surface area contributed by atoms with E-state index in [1.54, 1.807) is 12.1 Å². The third kappa shape index (κ3) is 2.33. The first-order valence-corrected chi connectivity index (χ1v) is 8.79. The fourth-order valence-electron chi connectivity index (χ4n) is 4.23. The van der Waals surface area contributed by atoms with Gasteiger partial charge in [-0.05, 0) is 61.6 Å². The van der Waals surface area contributed by atoms with Crippen molar-refractivity contribution >= 4 is 5.57 Å². The number of fused-ring (bicyclic) bond motifs is 1. The van der Waals surface area contributed by atoms with Gasteiger partial charge in [0.05, 0.1) is 0 Å². The van der Waals surface area contributed by atoms with Crippen molar-refractivity contribution in [2.45, 2.75) is 33.6 Å². The molecule has 0 fully saturated rings. The quantitative estimate of drug-likeness (QED) is 0.581. The minimum Gasteiger partial charge on any atom is -0.206 e. The van der Waals surface area contributed by atoms with Gasteiger partial charge in [-0.1, -0.05) is 59.7 Å². The van der Waals surface area contributed by atoms with E-state index in [0.29, 0.717) is 5.56 Å². The largest absolute Gasteiger partial charge is 0.206 e. The summed E-state index contributed by atoms with van der Waals surface area (Å²) in [7, 11) is 0. The monoisotopic (exact) mass is 329 g/mol. The van der Waals surface area contributed by atoms with Gasteiger partial charge < -0.3 is 0 Å². The van der Waals surface area contributed by atoms with E-state index < -0.39 is 0 Å². The predicted octanol–water partition coefficient (Wildman–Crippen LogP) is 6.62. The minimum atomic E-state index is -0.160. The van der Waals surface area contributed by atoms with E-state index >= 15 is 0 Å². The van der Waals surface area contributed by atoms with Gasteiger partial charge in [0.15, 0.2) is 0 Å². The van der Waals surface area contributed by atoms with E-state index in [9.17, 15) is 4.39 Å². The Hall–Kier alpha value is -2.41. The lowest BCUT2D eigenvalue weighted by atomic mass is 9.81. The van der Waals surface area contributed by atoms with Crippen LogP contribution < -0.4 is 0 Å². The van der Waals surface area contributed by atoms with Crippen LogP contribution in [0.15, 0.2) is 76.9 Å². The molecule has 1 unspecified atom stereocenters. The van der Waals surface area contributed by atoms with Crippen LogP contribution in [0, 0.1) is 11.7 Å². The van der Waals surface area contributed by atoms with Crippen molar-refractivity contribution < 1.29 is 4.39 Å². The molecule has 4 rings (SSSR count). The van der Waals surface area contributed by atoms with E-state index in [1.807, 2.05) is 18.2 Å². The molecule has 1 radical (unpaired) electrons. The highest BCUT2D eigenvalue weighted by Gasteiger charge is 2.36. The highest BCUT2D eigenvalue weighted by atomic mass is 19.1. The summed E-state index contributed by atoms with van der Waals surface area (Å²) >= 11 is 0. The maximum Gasteiger partial charge on any atom is 0.131 e. The van der Waals surface area contributed by atoms with Crippen molar-refractivity contribution in [1.82, 2.24) is 0 Å². The smallest absolute Gasteiger partial charge is 0.131 e. The number of hydrogen-bond acceptors (Lipinski definition) is 0. The molecule has 0 spiro atoms. The summed E-state index contributed by atoms with van der Waals surface area (Å²) in [5, 5.41) is 0. The Morgan fingerprint density at radius 2 is 1.24 bits per heavy atom. The molecule has 0 bridgehead atoms. The minimum absolute atomic E-state index is 0.160. The van der Waals surface area contributed by atoms with Gasteiger partial charge in [0, 0.05) is 17.4 Å². The Balaban J connectivity index is 1.90. The molecule has 25 heavy (non-hydrogen) atoms. The molecule has 0 amide bonds. The van der Waals surface area contributed by atoms with Crippen molar-refractivity contribution in [3.05, 3.63) is 105 Å². The summed E-state index contributed by atoms with van der Waals surface area (Å²) in [4.78, 5) is 0. The normalized spacial score (nSPS) is 20.4. The number of hydrogen-bond donors (Lipinski definition) is 0. The maximum atomic E-state index is 14.5. The van der Waals surface area contributed by atoms with Crippen LogP contribution in [0.1, 0.15) is 50.3 Å². The van der Waals surface area contributed by atoms with Crippen molar-refractivity contribution in [3.8, 4) is 0 Å². The second-order valence-electron chi connectivity index (χ2n) is 7.04. The fraction of sp³-hybridized carbons (Fsp3) is 0.208. The highest BCUT2D eigenvalue weighted by molar-refractivity contribution is 5.87. The molecule has 2 aliphatic carbocycles. The van der Waals surface area contributed by atoms with Crippen LogP contribution in [0.5, 0.6) is 0 Å². The predicted molar refractivity (Wildman–Crippen MR) is 103 cm³/mol. The zero-order chi connectivity index (χ0) is 17.7. The molecule has 125 valence electrons. The molecule has 2 aromatic rings. The van der Waals surface area contributed by atoms with Crippen LogP contribution >= 0.6 is 0 Å². The molecule has 0 saturated carbocycles. The van der Waals surface area contributed by atoms with E-state index in [1.165, 1.54) is 33.8 Å². The summed E-state index contributed by atoms with van der Waals surface area (Å²) in [5.74, 6) is 1.42. The Kier molecular flexibility index (Phi) is 3.76. The van der Waals surface area contributed by atoms with E-state index in [4.69, 9.17) is 0 Å². The molecule has 0 aliphatic heterocycles. The summed E-state index contributed by atoms with van der Waals surface area (Å²) in [5.41, 5.74) is 9.59. The molecule has 0 aromatic heterocycles. The average molecular weight is 329 g/mol. The Morgan fingerprint density at radius 3 is 1.88 bits per heavy atom. The van der Waals surface area contributed by atoms with Gasteiger partial charge in [0.25, 0.3) is 0 Å². The SMILES string of the molecule is CC1=C(C)C(C)=C(C)[C]1C1C=C(c2ccccc2F)c2ccccc21. The van der Waals surface area contributed by atoms with Crippen LogP contribution in [0.2, 0.25) is 0 Å². The fourth-order valence-corrected chi connectivity index (χ4v) is 4.23. The average Bonchev–Trinajstić information content (AvgIpc) is 3.08. The number of rotatable bonds is 2. The van der Waals surface area contributed by atoms with Crippen molar-refractivity contribution in [1.29, 1.82) is 0 Å². The van der Waals surface area contributed by atoms with Crippen LogP contribution in [-0.2, 0) is 0 Å². The molecule has 1 atom stereocenters. The van der Waals surface area contributed by atoms with Crippen molar-refractivity contribution in [2.24, 2.45) is 0 Å². The van der Waals surface area contributed by atoms with E-state index in [2.05, 4.69) is 52.0 Å². The first-order valence-electron chi connectivity index (χ1n) is 8.79. The van der Waals surface area contributed by atoms with E-state index in [0.717, 1.165) is 11.1 Å². The standard InChI is InChI=1S/C24H22F/c1-14-15(2)17(4)24(16(14)3)22-13-21(18-9-5-6-10-19(18)22)20-11-7-8-12-23(20)25/h5-13,22H,1-4H3. The third-order valence-corrected chi connectivity index (χ3v) is 5.89. The van der Waals surface area contributed by atoms with Crippen molar-refractivity contribution in [2.75, 3.05) is 0 Å². The summed E-state index contributed by atoms with van der Waals surface area (Å²) in [6, 6.07) is 15.5. The topological polar surface area (TPSA) is 0 Å². The Labute approximate surface area is 149 Å². The van der Waals surface area contributed by atoms with Crippen LogP contribution in [0.4, 0.5) is 4.39 Å². The Bertz CT molecular complexity index is 932. The lowest BCUT2D eigenvalue weighted by Crippen LogP contribution is -2.08. The Morgan fingerprint density at radius 1 is 0.680 bits per heavy atom. The number of halogens is 1. The van der Waals surface area contributed by atoms with Gasteiger partial charge >= 0.3 is 0 Å². The molecule has 0 heterocycles. The molecule has 0 nitrogen and oxygen atoms in total. The zero-order valence-corrected chi connectivity index (χ0v) is 15.2. The molecule has 2 aliphatic rings. The molecule has 2 aromatic carbocycles. The molecular formula is C24H22F. The van der Waals surface area contributed by atoms with Crippen LogP contribution in [-0.4, -0.2) is 0 Å². The van der Waals surface area contributed by atoms with Gasteiger partial charge in [-0.2, -0.15) is 0 Å². The van der Waals surface area contributed by atoms with Gasteiger partial charge in [0.2, 0.25) is 0 Å². The van der Waals surface area contributed by atoms with Gasteiger partial charge in [-0.25, -0.2) is 4.39 Å². The zero-order valence-electron chi connectivity index (χ0n) is 15.2. The van der Waals surface area contributed by atoms with Gasteiger partial charge in [-0.15, -0.1) is 0 Å². The third-order valence-electron chi connectivity index (χ3n) is 5.89. The summed E-state index contributed by atoms with van der Waals surface area (Å²) in [6.07, 6.45) is 2.25. The maximum absolute atomic E-state index is 14.5. The first kappa shape index (κ1) is 16.1. The highest BCUT2D eigenvalue weighted by Crippen LogP contribution is 2.52. The van der Waals surface area contributed by atoms with E-state index in [-0.39, 0.29) is 11.7 Å². The lowest BCUT2D eigenvalue weighted by molar-refractivity contribution is 0.624. The van der Waals surface area contributed by atoms with Gasteiger partial charge in [-0.3, -0.25) is 0 Å². The van der Waals surface area contributed by atoms with Crippen LogP contribution in [0.3, 0.4) is 0 Å². The molecule has 0 saturated heterocycles. The summed E-state index contributed by atoms with van der Waals surface area (Å²) < 4.78 is 14.5. The number of allylic oxidation sites excluding steroid dienone is 5.